The number of nitrogens with zero attached hydrogens (tertiary/aromatic N) is 1. The van der Waals surface area contributed by atoms with Gasteiger partial charge < -0.3 is 10.0 Å². The van der Waals surface area contributed by atoms with E-state index in [2.05, 4.69) is 18.7 Å². The van der Waals surface area contributed by atoms with Crippen molar-refractivity contribution in [3.05, 3.63) is 0 Å². The van der Waals surface area contributed by atoms with E-state index in [0.29, 0.717) is 6.04 Å². The Kier molecular flexibility index (Phi) is 3.36. The van der Waals surface area contributed by atoms with Crippen molar-refractivity contribution in [2.75, 3.05) is 13.1 Å². The third kappa shape index (κ3) is 3.18. The number of aliphatic hydroxyl groups is 1. The first-order chi connectivity index (χ1) is 7.09. The molecule has 2 fully saturated rings. The highest BCUT2D eigenvalue weighted by Crippen LogP contribution is 2.41. The molecular formula is C13H25NO. The van der Waals surface area contributed by atoms with Crippen LogP contribution in [0.3, 0.4) is 0 Å². The maximum atomic E-state index is 9.79. The lowest BCUT2D eigenvalue weighted by Crippen LogP contribution is -2.38. The molecule has 0 unspecified atom stereocenters. The van der Waals surface area contributed by atoms with Crippen LogP contribution in [0.5, 0.6) is 0 Å². The lowest BCUT2D eigenvalue weighted by atomic mass is 9.90. The molecule has 1 saturated carbocycles. The molecule has 1 aliphatic heterocycles. The maximum absolute atomic E-state index is 9.79. The fraction of sp³-hybridized carbons (Fsp3) is 1.00. The second kappa shape index (κ2) is 4.42. The van der Waals surface area contributed by atoms with Gasteiger partial charge in [-0.05, 0) is 71.4 Å². The summed E-state index contributed by atoms with van der Waals surface area (Å²) in [5, 5.41) is 9.79. The lowest BCUT2D eigenvalue weighted by Gasteiger charge is -2.34. The summed E-state index contributed by atoms with van der Waals surface area (Å²) in [6, 6.07) is 0.707. The predicted molar refractivity (Wildman–Crippen MR) is 62.9 cm³/mol. The summed E-state index contributed by atoms with van der Waals surface area (Å²) in [5.41, 5.74) is -0.227. The normalized spacial score (nSPS) is 27.2. The zero-order valence-electron chi connectivity index (χ0n) is 10.2. The van der Waals surface area contributed by atoms with E-state index < -0.39 is 0 Å². The Hall–Kier alpha value is -0.0800. The van der Waals surface area contributed by atoms with Gasteiger partial charge in [0.2, 0.25) is 0 Å². The van der Waals surface area contributed by atoms with Gasteiger partial charge in [0.05, 0.1) is 5.60 Å². The van der Waals surface area contributed by atoms with Crippen LogP contribution < -0.4 is 0 Å². The molecular weight excluding hydrogens is 186 g/mol. The molecule has 0 bridgehead atoms. The van der Waals surface area contributed by atoms with Crippen LogP contribution in [0.2, 0.25) is 0 Å². The minimum Gasteiger partial charge on any atom is -0.390 e. The average Bonchev–Trinajstić information content (AvgIpc) is 2.95. The molecule has 0 amide bonds. The van der Waals surface area contributed by atoms with Gasteiger partial charge in [0, 0.05) is 6.04 Å². The molecule has 15 heavy (non-hydrogen) atoms. The fourth-order valence-corrected chi connectivity index (χ4v) is 2.63. The first kappa shape index (κ1) is 11.4. The molecule has 2 nitrogen and oxygen atoms in total. The minimum absolute atomic E-state index is 0.227. The van der Waals surface area contributed by atoms with Gasteiger partial charge in [-0.1, -0.05) is 0 Å². The van der Waals surface area contributed by atoms with Crippen molar-refractivity contribution in [2.24, 2.45) is 5.92 Å². The second-order valence-electron chi connectivity index (χ2n) is 5.84. The van der Waals surface area contributed by atoms with E-state index in [0.717, 1.165) is 25.2 Å². The van der Waals surface area contributed by atoms with Gasteiger partial charge in [-0.2, -0.15) is 0 Å². The Morgan fingerprint density at radius 1 is 1.27 bits per heavy atom. The van der Waals surface area contributed by atoms with Crippen molar-refractivity contribution in [3.63, 3.8) is 0 Å². The molecule has 2 heteroatoms. The summed E-state index contributed by atoms with van der Waals surface area (Å²) >= 11 is 0. The van der Waals surface area contributed by atoms with Crippen LogP contribution in [-0.2, 0) is 0 Å². The summed E-state index contributed by atoms with van der Waals surface area (Å²) in [5.74, 6) is 0.879. The summed E-state index contributed by atoms with van der Waals surface area (Å²) in [4.78, 5) is 2.57. The Labute approximate surface area is 93.7 Å². The van der Waals surface area contributed by atoms with E-state index >= 15 is 0 Å². The predicted octanol–water partition coefficient (Wildman–Crippen LogP) is 2.41. The van der Waals surface area contributed by atoms with Gasteiger partial charge >= 0.3 is 0 Å². The molecule has 0 aromatic carbocycles. The number of likely N-dealkylation sites (tertiary alicyclic amines) is 1. The Bertz CT molecular complexity index is 203. The molecule has 2 aliphatic rings. The minimum atomic E-state index is -0.227. The SMILES string of the molecule is CC(C)N1CCC(CCC2(O)CC2)CC1. The van der Waals surface area contributed by atoms with Gasteiger partial charge in [-0.15, -0.1) is 0 Å². The highest BCUT2D eigenvalue weighted by Gasteiger charge is 2.40. The van der Waals surface area contributed by atoms with Crippen molar-refractivity contribution in [1.29, 1.82) is 0 Å². The second-order valence-corrected chi connectivity index (χ2v) is 5.84. The van der Waals surface area contributed by atoms with E-state index in [1.807, 2.05) is 0 Å². The number of hydrogen-bond acceptors (Lipinski definition) is 2. The average molecular weight is 211 g/mol. The Morgan fingerprint density at radius 2 is 1.87 bits per heavy atom. The molecule has 0 aromatic heterocycles. The number of rotatable bonds is 4. The molecule has 88 valence electrons. The first-order valence-electron chi connectivity index (χ1n) is 6.55. The lowest BCUT2D eigenvalue weighted by molar-refractivity contribution is 0.107. The van der Waals surface area contributed by atoms with Gasteiger partial charge in [0.15, 0.2) is 0 Å². The van der Waals surface area contributed by atoms with Crippen LogP contribution in [0.1, 0.15) is 52.4 Å². The zero-order valence-corrected chi connectivity index (χ0v) is 10.2. The maximum Gasteiger partial charge on any atom is 0.0650 e. The van der Waals surface area contributed by atoms with Crippen molar-refractivity contribution >= 4 is 0 Å². The molecule has 0 spiro atoms. The van der Waals surface area contributed by atoms with E-state index in [4.69, 9.17) is 0 Å². The first-order valence-corrected chi connectivity index (χ1v) is 6.55. The van der Waals surface area contributed by atoms with Crippen LogP contribution in [0.25, 0.3) is 0 Å². The number of hydrogen-bond donors (Lipinski definition) is 1. The van der Waals surface area contributed by atoms with Crippen LogP contribution in [0.4, 0.5) is 0 Å². The third-order valence-corrected chi connectivity index (χ3v) is 4.22. The van der Waals surface area contributed by atoms with E-state index in [1.54, 1.807) is 0 Å². The van der Waals surface area contributed by atoms with E-state index in [-0.39, 0.29) is 5.60 Å². The highest BCUT2D eigenvalue weighted by atomic mass is 16.3. The number of piperidine rings is 1. The zero-order chi connectivity index (χ0) is 10.9. The summed E-state index contributed by atoms with van der Waals surface area (Å²) in [6.45, 7) is 7.10. The van der Waals surface area contributed by atoms with Crippen molar-refractivity contribution < 1.29 is 5.11 Å². The van der Waals surface area contributed by atoms with Crippen LogP contribution >= 0.6 is 0 Å². The molecule has 2 rings (SSSR count). The smallest absolute Gasteiger partial charge is 0.0650 e. The van der Waals surface area contributed by atoms with E-state index in [9.17, 15) is 5.11 Å². The fourth-order valence-electron chi connectivity index (χ4n) is 2.63. The van der Waals surface area contributed by atoms with Gasteiger partial charge in [0.25, 0.3) is 0 Å². The largest absolute Gasteiger partial charge is 0.390 e. The van der Waals surface area contributed by atoms with Crippen LogP contribution in [-0.4, -0.2) is 34.7 Å². The van der Waals surface area contributed by atoms with Gasteiger partial charge in [0.1, 0.15) is 0 Å². The molecule has 0 atom stereocenters. The molecule has 1 aliphatic carbocycles. The van der Waals surface area contributed by atoms with Gasteiger partial charge in [-0.25, -0.2) is 0 Å². The molecule has 0 radical (unpaired) electrons. The Morgan fingerprint density at radius 3 is 2.33 bits per heavy atom. The van der Waals surface area contributed by atoms with Crippen LogP contribution in [0, 0.1) is 5.92 Å². The van der Waals surface area contributed by atoms with Crippen molar-refractivity contribution in [1.82, 2.24) is 4.90 Å². The molecule has 0 aromatic rings. The summed E-state index contributed by atoms with van der Waals surface area (Å²) in [6.07, 6.45) is 7.10. The van der Waals surface area contributed by atoms with E-state index in [1.165, 1.54) is 32.4 Å². The third-order valence-electron chi connectivity index (χ3n) is 4.22. The molecule has 1 N–H and O–H groups in total. The standard InChI is InChI=1S/C13H25NO/c1-11(2)14-9-4-12(5-10-14)3-6-13(15)7-8-13/h11-12,15H,3-10H2,1-2H3. The van der Waals surface area contributed by atoms with Gasteiger partial charge in [-0.3, -0.25) is 0 Å². The monoisotopic (exact) mass is 211 g/mol. The van der Waals surface area contributed by atoms with Crippen LogP contribution in [0.15, 0.2) is 0 Å². The quantitative estimate of drug-likeness (QED) is 0.772. The van der Waals surface area contributed by atoms with Crippen molar-refractivity contribution in [3.8, 4) is 0 Å². The molecule has 1 saturated heterocycles. The summed E-state index contributed by atoms with van der Waals surface area (Å²) in [7, 11) is 0. The topological polar surface area (TPSA) is 23.5 Å². The Balaban J connectivity index is 1.65. The summed E-state index contributed by atoms with van der Waals surface area (Å²) < 4.78 is 0. The van der Waals surface area contributed by atoms with Crippen molar-refractivity contribution in [2.45, 2.75) is 64.0 Å². The molecule has 1 heterocycles. The highest BCUT2D eigenvalue weighted by molar-refractivity contribution is 4.93.